The SMILES string of the molecule is CC(C)(C)C1CCCC(OC2CCCCC2)N1. The highest BCUT2D eigenvalue weighted by Gasteiger charge is 2.31. The molecule has 1 aliphatic carbocycles. The highest BCUT2D eigenvalue weighted by Crippen LogP contribution is 2.29. The highest BCUT2D eigenvalue weighted by atomic mass is 16.5. The van der Waals surface area contributed by atoms with Crippen molar-refractivity contribution in [2.24, 2.45) is 5.41 Å². The van der Waals surface area contributed by atoms with Crippen molar-refractivity contribution in [3.8, 4) is 0 Å². The van der Waals surface area contributed by atoms with E-state index in [0.29, 0.717) is 23.8 Å². The van der Waals surface area contributed by atoms with Gasteiger partial charge >= 0.3 is 0 Å². The van der Waals surface area contributed by atoms with Gasteiger partial charge in [0.1, 0.15) is 6.23 Å². The standard InChI is InChI=1S/C15H29NO/c1-15(2,3)13-10-7-11-14(16-13)17-12-8-5-4-6-9-12/h12-14,16H,4-11H2,1-3H3. The summed E-state index contributed by atoms with van der Waals surface area (Å²) < 4.78 is 6.25. The van der Waals surface area contributed by atoms with Crippen LogP contribution in [0.5, 0.6) is 0 Å². The molecule has 2 fully saturated rings. The minimum absolute atomic E-state index is 0.316. The molecule has 0 amide bonds. The molecule has 0 spiro atoms. The average Bonchev–Trinajstić information content (AvgIpc) is 2.29. The van der Waals surface area contributed by atoms with Gasteiger partial charge in [0.25, 0.3) is 0 Å². The minimum atomic E-state index is 0.316. The van der Waals surface area contributed by atoms with Crippen LogP contribution in [-0.2, 0) is 4.74 Å². The predicted molar refractivity (Wildman–Crippen MR) is 72.0 cm³/mol. The Bertz CT molecular complexity index is 228. The van der Waals surface area contributed by atoms with Crippen LogP contribution in [0.25, 0.3) is 0 Å². The number of nitrogens with one attached hydrogen (secondary N) is 1. The van der Waals surface area contributed by atoms with Crippen LogP contribution in [0.4, 0.5) is 0 Å². The van der Waals surface area contributed by atoms with E-state index in [0.717, 1.165) is 0 Å². The van der Waals surface area contributed by atoms with Crippen LogP contribution in [-0.4, -0.2) is 18.4 Å². The molecule has 1 saturated carbocycles. The fourth-order valence-electron chi connectivity index (χ4n) is 3.12. The number of hydrogen-bond donors (Lipinski definition) is 1. The summed E-state index contributed by atoms with van der Waals surface area (Å²) in [6.45, 7) is 6.98. The zero-order valence-electron chi connectivity index (χ0n) is 11.8. The second-order valence-corrected chi connectivity index (χ2v) is 6.90. The summed E-state index contributed by atoms with van der Waals surface area (Å²) in [5.74, 6) is 0. The van der Waals surface area contributed by atoms with Gasteiger partial charge in [0.2, 0.25) is 0 Å². The lowest BCUT2D eigenvalue weighted by molar-refractivity contribution is -0.0728. The maximum Gasteiger partial charge on any atom is 0.108 e. The van der Waals surface area contributed by atoms with Crippen molar-refractivity contribution in [3.05, 3.63) is 0 Å². The Labute approximate surface area is 107 Å². The van der Waals surface area contributed by atoms with Crippen molar-refractivity contribution in [2.75, 3.05) is 0 Å². The Morgan fingerprint density at radius 1 is 0.882 bits per heavy atom. The van der Waals surface area contributed by atoms with Crippen molar-refractivity contribution in [3.63, 3.8) is 0 Å². The molecule has 17 heavy (non-hydrogen) atoms. The second kappa shape index (κ2) is 5.71. The van der Waals surface area contributed by atoms with Crippen LogP contribution in [0.15, 0.2) is 0 Å². The summed E-state index contributed by atoms with van der Waals surface area (Å²) in [6, 6.07) is 0.616. The summed E-state index contributed by atoms with van der Waals surface area (Å²) in [7, 11) is 0. The van der Waals surface area contributed by atoms with E-state index in [4.69, 9.17) is 4.74 Å². The zero-order valence-corrected chi connectivity index (χ0v) is 11.8. The van der Waals surface area contributed by atoms with Gasteiger partial charge in [-0.05, 0) is 37.5 Å². The molecule has 2 aliphatic rings. The molecule has 0 aromatic heterocycles. The molecule has 0 bridgehead atoms. The van der Waals surface area contributed by atoms with Gasteiger partial charge in [-0.2, -0.15) is 0 Å². The predicted octanol–water partition coefficient (Wildman–Crippen LogP) is 3.85. The molecule has 1 N–H and O–H groups in total. The summed E-state index contributed by atoms with van der Waals surface area (Å²) in [5.41, 5.74) is 0.356. The van der Waals surface area contributed by atoms with Crippen molar-refractivity contribution in [1.29, 1.82) is 0 Å². The lowest BCUT2D eigenvalue weighted by Gasteiger charge is -2.40. The normalized spacial score (nSPS) is 32.6. The minimum Gasteiger partial charge on any atom is -0.360 e. The summed E-state index contributed by atoms with van der Waals surface area (Å²) >= 11 is 0. The van der Waals surface area contributed by atoms with Gasteiger partial charge < -0.3 is 4.74 Å². The van der Waals surface area contributed by atoms with Gasteiger partial charge in [0, 0.05) is 6.04 Å². The van der Waals surface area contributed by atoms with Crippen LogP contribution in [0.1, 0.15) is 72.1 Å². The molecular weight excluding hydrogens is 210 g/mol. The van der Waals surface area contributed by atoms with Crippen molar-refractivity contribution < 1.29 is 4.74 Å². The molecule has 2 nitrogen and oxygen atoms in total. The third kappa shape index (κ3) is 3.96. The van der Waals surface area contributed by atoms with Crippen molar-refractivity contribution in [1.82, 2.24) is 5.32 Å². The molecule has 0 aromatic carbocycles. The van der Waals surface area contributed by atoms with E-state index in [1.807, 2.05) is 0 Å². The van der Waals surface area contributed by atoms with Gasteiger partial charge in [0.05, 0.1) is 6.10 Å². The molecular formula is C15H29NO. The third-order valence-corrected chi connectivity index (χ3v) is 4.30. The van der Waals surface area contributed by atoms with Crippen LogP contribution in [0.3, 0.4) is 0 Å². The van der Waals surface area contributed by atoms with Crippen molar-refractivity contribution >= 4 is 0 Å². The largest absolute Gasteiger partial charge is 0.360 e. The quantitative estimate of drug-likeness (QED) is 0.790. The fraction of sp³-hybridized carbons (Fsp3) is 1.00. The van der Waals surface area contributed by atoms with E-state index in [-0.39, 0.29) is 0 Å². The monoisotopic (exact) mass is 239 g/mol. The van der Waals surface area contributed by atoms with Gasteiger partial charge in [-0.1, -0.05) is 40.0 Å². The van der Waals surface area contributed by atoms with E-state index >= 15 is 0 Å². The fourth-order valence-corrected chi connectivity index (χ4v) is 3.12. The molecule has 1 saturated heterocycles. The molecule has 2 rings (SSSR count). The van der Waals surface area contributed by atoms with Crippen LogP contribution in [0.2, 0.25) is 0 Å². The smallest absolute Gasteiger partial charge is 0.108 e. The highest BCUT2D eigenvalue weighted by molar-refractivity contribution is 4.85. The van der Waals surface area contributed by atoms with Gasteiger partial charge in [-0.3, -0.25) is 5.32 Å². The molecule has 0 radical (unpaired) electrons. The van der Waals surface area contributed by atoms with Gasteiger partial charge in [-0.25, -0.2) is 0 Å². The first-order chi connectivity index (χ1) is 8.05. The Kier molecular flexibility index (Phi) is 4.48. The number of hydrogen-bond acceptors (Lipinski definition) is 2. The molecule has 1 heterocycles. The molecule has 2 atom stereocenters. The topological polar surface area (TPSA) is 21.3 Å². The molecule has 2 heteroatoms. The van der Waals surface area contributed by atoms with Crippen LogP contribution < -0.4 is 5.32 Å². The number of rotatable bonds is 2. The molecule has 1 aliphatic heterocycles. The third-order valence-electron chi connectivity index (χ3n) is 4.30. The first-order valence-electron chi connectivity index (χ1n) is 7.47. The first kappa shape index (κ1) is 13.4. The average molecular weight is 239 g/mol. The molecule has 100 valence electrons. The number of ether oxygens (including phenoxy) is 1. The van der Waals surface area contributed by atoms with E-state index in [9.17, 15) is 0 Å². The summed E-state index contributed by atoms with van der Waals surface area (Å²) in [4.78, 5) is 0. The lowest BCUT2D eigenvalue weighted by atomic mass is 9.82. The molecule has 2 unspecified atom stereocenters. The Hall–Kier alpha value is -0.0800. The number of piperidine rings is 1. The Morgan fingerprint density at radius 2 is 1.59 bits per heavy atom. The lowest BCUT2D eigenvalue weighted by Crippen LogP contribution is -2.51. The maximum atomic E-state index is 6.25. The summed E-state index contributed by atoms with van der Waals surface area (Å²) in [5, 5.41) is 3.72. The van der Waals surface area contributed by atoms with Gasteiger partial charge in [0.15, 0.2) is 0 Å². The van der Waals surface area contributed by atoms with Crippen LogP contribution >= 0.6 is 0 Å². The van der Waals surface area contributed by atoms with Crippen LogP contribution in [0, 0.1) is 5.41 Å². The van der Waals surface area contributed by atoms with Crippen molar-refractivity contribution in [2.45, 2.75) is 90.5 Å². The van der Waals surface area contributed by atoms with E-state index in [2.05, 4.69) is 26.1 Å². The zero-order chi connectivity index (χ0) is 12.3. The Balaban J connectivity index is 1.80. The summed E-state index contributed by atoms with van der Waals surface area (Å²) in [6.07, 6.45) is 11.3. The molecule has 0 aromatic rings. The van der Waals surface area contributed by atoms with E-state index in [1.165, 1.54) is 51.4 Å². The second-order valence-electron chi connectivity index (χ2n) is 6.90. The van der Waals surface area contributed by atoms with E-state index in [1.54, 1.807) is 0 Å². The Morgan fingerprint density at radius 3 is 2.24 bits per heavy atom. The van der Waals surface area contributed by atoms with E-state index < -0.39 is 0 Å². The maximum absolute atomic E-state index is 6.25. The first-order valence-corrected chi connectivity index (χ1v) is 7.47. The van der Waals surface area contributed by atoms with Gasteiger partial charge in [-0.15, -0.1) is 0 Å².